The third-order valence-corrected chi connectivity index (χ3v) is 4.01. The summed E-state index contributed by atoms with van der Waals surface area (Å²) in [6.07, 6.45) is 3.18. The maximum Gasteiger partial charge on any atom is 0.0460 e. The zero-order valence-electron chi connectivity index (χ0n) is 11.8. The van der Waals surface area contributed by atoms with Crippen molar-refractivity contribution in [2.24, 2.45) is 5.84 Å². The molecule has 0 saturated heterocycles. The Labute approximate surface area is 125 Å². The first-order valence-corrected chi connectivity index (χ1v) is 7.34. The second-order valence-corrected chi connectivity index (χ2v) is 5.51. The van der Waals surface area contributed by atoms with Crippen LogP contribution < -0.4 is 11.3 Å². The van der Waals surface area contributed by atoms with Crippen molar-refractivity contribution in [1.29, 1.82) is 0 Å². The van der Waals surface area contributed by atoms with Gasteiger partial charge < -0.3 is 0 Å². The predicted octanol–water partition coefficient (Wildman–Crippen LogP) is 4.18. The molecule has 1 atom stereocenters. The number of nitrogens with two attached hydrogens (primary N) is 1. The number of halogens is 1. The van der Waals surface area contributed by atoms with Crippen LogP contribution in [-0.2, 0) is 6.42 Å². The fraction of sp³-hybridized carbons (Fsp3) is 0.294. The van der Waals surface area contributed by atoms with Gasteiger partial charge in [-0.25, -0.2) is 0 Å². The van der Waals surface area contributed by atoms with Crippen LogP contribution >= 0.6 is 11.6 Å². The van der Waals surface area contributed by atoms with Crippen LogP contribution in [0.3, 0.4) is 0 Å². The molecule has 0 aliphatic rings. The molecule has 0 aliphatic heterocycles. The number of hydrazine groups is 1. The monoisotopic (exact) mass is 288 g/mol. The van der Waals surface area contributed by atoms with Crippen LogP contribution in [0.1, 0.15) is 35.6 Å². The van der Waals surface area contributed by atoms with Crippen LogP contribution in [0.2, 0.25) is 5.02 Å². The van der Waals surface area contributed by atoms with Gasteiger partial charge in [-0.2, -0.15) is 0 Å². The fourth-order valence-electron chi connectivity index (χ4n) is 2.39. The van der Waals surface area contributed by atoms with E-state index < -0.39 is 0 Å². The van der Waals surface area contributed by atoms with Crippen molar-refractivity contribution in [3.05, 3.63) is 70.2 Å². The Morgan fingerprint density at radius 3 is 2.55 bits per heavy atom. The first-order chi connectivity index (χ1) is 9.70. The summed E-state index contributed by atoms with van der Waals surface area (Å²) in [6.45, 7) is 2.02. The molecule has 0 amide bonds. The Balaban J connectivity index is 1.93. The van der Waals surface area contributed by atoms with Crippen molar-refractivity contribution in [2.45, 2.75) is 32.2 Å². The first-order valence-electron chi connectivity index (χ1n) is 6.97. The summed E-state index contributed by atoms with van der Waals surface area (Å²) in [4.78, 5) is 0. The Morgan fingerprint density at radius 2 is 1.90 bits per heavy atom. The smallest absolute Gasteiger partial charge is 0.0460 e. The molecule has 0 radical (unpaired) electrons. The molecule has 2 nitrogen and oxygen atoms in total. The predicted molar refractivity (Wildman–Crippen MR) is 85.6 cm³/mol. The van der Waals surface area contributed by atoms with Crippen molar-refractivity contribution in [1.82, 2.24) is 5.43 Å². The summed E-state index contributed by atoms with van der Waals surface area (Å²) in [5.41, 5.74) is 6.57. The molecule has 3 heteroatoms. The van der Waals surface area contributed by atoms with E-state index >= 15 is 0 Å². The minimum absolute atomic E-state index is 0.176. The number of aryl methyl sites for hydroxylation is 2. The van der Waals surface area contributed by atoms with Gasteiger partial charge in [-0.3, -0.25) is 11.3 Å². The standard InChI is InChI=1S/C17H21ClN2/c1-13-12-15(10-11-16(13)18)17(20-19)9-5-8-14-6-3-2-4-7-14/h2-4,6-7,10-12,17,20H,5,8-9,19H2,1H3. The summed E-state index contributed by atoms with van der Waals surface area (Å²) in [5.74, 6) is 5.69. The minimum atomic E-state index is 0.176. The molecule has 106 valence electrons. The van der Waals surface area contributed by atoms with Crippen LogP contribution in [-0.4, -0.2) is 0 Å². The molecule has 0 heterocycles. The highest BCUT2D eigenvalue weighted by Crippen LogP contribution is 2.23. The van der Waals surface area contributed by atoms with Gasteiger partial charge in [0, 0.05) is 11.1 Å². The molecule has 2 aromatic carbocycles. The van der Waals surface area contributed by atoms with Crippen LogP contribution in [0.5, 0.6) is 0 Å². The van der Waals surface area contributed by atoms with Gasteiger partial charge in [-0.1, -0.05) is 54.1 Å². The van der Waals surface area contributed by atoms with Gasteiger partial charge in [-0.15, -0.1) is 0 Å². The molecule has 1 unspecified atom stereocenters. The zero-order chi connectivity index (χ0) is 14.4. The van der Waals surface area contributed by atoms with E-state index in [9.17, 15) is 0 Å². The average Bonchev–Trinajstić information content (AvgIpc) is 2.48. The Hall–Kier alpha value is -1.35. The molecule has 0 fully saturated rings. The van der Waals surface area contributed by atoms with Crippen molar-refractivity contribution >= 4 is 11.6 Å². The van der Waals surface area contributed by atoms with Crippen LogP contribution in [0, 0.1) is 6.92 Å². The molecule has 20 heavy (non-hydrogen) atoms. The molecular weight excluding hydrogens is 268 g/mol. The minimum Gasteiger partial charge on any atom is -0.271 e. The summed E-state index contributed by atoms with van der Waals surface area (Å²) < 4.78 is 0. The topological polar surface area (TPSA) is 38.0 Å². The van der Waals surface area contributed by atoms with Gasteiger partial charge in [0.05, 0.1) is 0 Å². The Kier molecular flexibility index (Phi) is 5.60. The lowest BCUT2D eigenvalue weighted by molar-refractivity contribution is 0.498. The van der Waals surface area contributed by atoms with Gasteiger partial charge in [0.25, 0.3) is 0 Å². The maximum absolute atomic E-state index is 6.06. The Bertz CT molecular complexity index is 540. The Morgan fingerprint density at radius 1 is 1.15 bits per heavy atom. The van der Waals surface area contributed by atoms with Crippen LogP contribution in [0.15, 0.2) is 48.5 Å². The van der Waals surface area contributed by atoms with Crippen molar-refractivity contribution < 1.29 is 0 Å². The summed E-state index contributed by atoms with van der Waals surface area (Å²) in [5, 5.41) is 0.800. The second-order valence-electron chi connectivity index (χ2n) is 5.11. The first kappa shape index (κ1) is 15.0. The van der Waals surface area contributed by atoms with Crippen molar-refractivity contribution in [3.8, 4) is 0 Å². The highest BCUT2D eigenvalue weighted by molar-refractivity contribution is 6.31. The summed E-state index contributed by atoms with van der Waals surface area (Å²) >= 11 is 6.06. The molecule has 0 bridgehead atoms. The summed E-state index contributed by atoms with van der Waals surface area (Å²) in [7, 11) is 0. The van der Waals surface area contributed by atoms with E-state index in [-0.39, 0.29) is 6.04 Å². The molecule has 0 saturated carbocycles. The van der Waals surface area contributed by atoms with Gasteiger partial charge in [-0.05, 0) is 48.9 Å². The largest absolute Gasteiger partial charge is 0.271 e. The molecule has 0 aromatic heterocycles. The second kappa shape index (κ2) is 7.44. The van der Waals surface area contributed by atoms with Crippen LogP contribution in [0.25, 0.3) is 0 Å². The maximum atomic E-state index is 6.06. The van der Waals surface area contributed by atoms with E-state index in [1.54, 1.807) is 0 Å². The number of hydrogen-bond acceptors (Lipinski definition) is 2. The van der Waals surface area contributed by atoms with E-state index in [4.69, 9.17) is 17.4 Å². The van der Waals surface area contributed by atoms with E-state index in [0.717, 1.165) is 29.8 Å². The number of hydrogen-bond donors (Lipinski definition) is 2. The highest BCUT2D eigenvalue weighted by Gasteiger charge is 2.10. The van der Waals surface area contributed by atoms with Gasteiger partial charge in [0.1, 0.15) is 0 Å². The molecule has 2 aromatic rings. The van der Waals surface area contributed by atoms with E-state index in [1.807, 2.05) is 25.1 Å². The third-order valence-electron chi connectivity index (χ3n) is 3.59. The molecule has 2 rings (SSSR count). The molecule has 0 aliphatic carbocycles. The van der Waals surface area contributed by atoms with E-state index in [2.05, 4.69) is 35.8 Å². The van der Waals surface area contributed by atoms with Crippen molar-refractivity contribution in [2.75, 3.05) is 0 Å². The number of nitrogens with one attached hydrogen (secondary N) is 1. The molecule has 3 N–H and O–H groups in total. The third kappa shape index (κ3) is 4.07. The normalized spacial score (nSPS) is 12.3. The van der Waals surface area contributed by atoms with Crippen LogP contribution in [0.4, 0.5) is 0 Å². The zero-order valence-corrected chi connectivity index (χ0v) is 12.5. The lowest BCUT2D eigenvalue weighted by Crippen LogP contribution is -2.28. The van der Waals surface area contributed by atoms with Gasteiger partial charge in [0.2, 0.25) is 0 Å². The lowest BCUT2D eigenvalue weighted by atomic mass is 9.98. The highest BCUT2D eigenvalue weighted by atomic mass is 35.5. The van der Waals surface area contributed by atoms with Gasteiger partial charge in [0.15, 0.2) is 0 Å². The summed E-state index contributed by atoms with van der Waals surface area (Å²) in [6, 6.07) is 16.8. The fourth-order valence-corrected chi connectivity index (χ4v) is 2.50. The van der Waals surface area contributed by atoms with Gasteiger partial charge >= 0.3 is 0 Å². The van der Waals surface area contributed by atoms with E-state index in [0.29, 0.717) is 0 Å². The average molecular weight is 289 g/mol. The SMILES string of the molecule is Cc1cc(C(CCCc2ccccc2)NN)ccc1Cl. The lowest BCUT2D eigenvalue weighted by Gasteiger charge is -2.17. The molecule has 0 spiro atoms. The quantitative estimate of drug-likeness (QED) is 0.618. The van der Waals surface area contributed by atoms with Crippen molar-refractivity contribution in [3.63, 3.8) is 0 Å². The van der Waals surface area contributed by atoms with E-state index in [1.165, 1.54) is 11.1 Å². The number of benzene rings is 2. The number of rotatable bonds is 6. The molecular formula is C17H21ClN2.